The van der Waals surface area contributed by atoms with Crippen LogP contribution < -0.4 is 33.8 Å². The van der Waals surface area contributed by atoms with Gasteiger partial charge in [-0.1, -0.05) is 29.5 Å². The van der Waals surface area contributed by atoms with Crippen LogP contribution in [0.15, 0.2) is 57.5 Å². The first-order valence-corrected chi connectivity index (χ1v) is 12.1. The van der Waals surface area contributed by atoms with E-state index >= 15 is 0 Å². The molecule has 1 aromatic heterocycles. The van der Waals surface area contributed by atoms with Crippen molar-refractivity contribution in [2.24, 2.45) is 4.99 Å². The summed E-state index contributed by atoms with van der Waals surface area (Å²) in [5.41, 5.74) is 1.86. The summed E-state index contributed by atoms with van der Waals surface area (Å²) in [4.78, 5) is 31.9. The predicted molar refractivity (Wildman–Crippen MR) is 133 cm³/mol. The van der Waals surface area contributed by atoms with Gasteiger partial charge < -0.3 is 23.7 Å². The molecule has 0 saturated heterocycles. The number of hydrogen-bond acceptors (Lipinski definition) is 9. The van der Waals surface area contributed by atoms with Gasteiger partial charge in [-0.15, -0.1) is 0 Å². The number of ether oxygens (including phenoxy) is 5. The van der Waals surface area contributed by atoms with Crippen LogP contribution >= 0.6 is 11.3 Å². The van der Waals surface area contributed by atoms with Gasteiger partial charge in [-0.05, 0) is 43.7 Å². The molecular weight excluding hydrogens is 484 g/mol. The Bertz CT molecular complexity index is 1570. The van der Waals surface area contributed by atoms with Crippen LogP contribution in [0.5, 0.6) is 23.0 Å². The van der Waals surface area contributed by atoms with Gasteiger partial charge in [0.05, 0.1) is 42.7 Å². The van der Waals surface area contributed by atoms with E-state index < -0.39 is 12.0 Å². The van der Waals surface area contributed by atoms with Crippen molar-refractivity contribution in [3.8, 4) is 23.0 Å². The number of nitrogens with zero attached hydrogens (tertiary/aromatic N) is 2. The van der Waals surface area contributed by atoms with E-state index in [0.29, 0.717) is 54.7 Å². The van der Waals surface area contributed by atoms with Crippen LogP contribution in [-0.2, 0) is 9.53 Å². The Labute approximate surface area is 210 Å². The van der Waals surface area contributed by atoms with Gasteiger partial charge in [0.25, 0.3) is 5.56 Å². The minimum absolute atomic E-state index is 0.115. The van der Waals surface area contributed by atoms with E-state index in [2.05, 4.69) is 4.99 Å². The number of carbonyl (C=O) groups excluding carboxylic acids is 1. The second kappa shape index (κ2) is 9.54. The van der Waals surface area contributed by atoms with Crippen molar-refractivity contribution >= 4 is 23.4 Å². The number of thiazole rings is 1. The third kappa shape index (κ3) is 3.93. The molecular formula is C26H24N2O7S. The van der Waals surface area contributed by atoms with Gasteiger partial charge in [-0.2, -0.15) is 0 Å². The van der Waals surface area contributed by atoms with Crippen LogP contribution in [0.25, 0.3) is 6.08 Å². The molecule has 2 aliphatic heterocycles. The van der Waals surface area contributed by atoms with Crippen molar-refractivity contribution in [2.75, 3.05) is 27.6 Å². The summed E-state index contributed by atoms with van der Waals surface area (Å²) in [6.07, 6.45) is 1.74. The SMILES string of the molecule is CCOC(=O)C1=C(C)N=c2sc(=Cc3cccc(OC)c3OC)c(=O)n2C1c1ccc2c(c1)OCO2. The standard InChI is InChI=1S/C26H24N2O7S/c1-5-33-25(30)21-14(2)27-26-28(22(21)15-9-10-17-19(11-15)35-13-34-17)24(29)20(36-26)12-16-7-6-8-18(31-3)23(16)32-4/h6-12,22H,5,13H2,1-4H3. The molecule has 10 heteroatoms. The number of hydrogen-bond donors (Lipinski definition) is 0. The summed E-state index contributed by atoms with van der Waals surface area (Å²) in [7, 11) is 3.10. The number of para-hydroxylation sites is 1. The number of esters is 1. The van der Waals surface area contributed by atoms with Crippen LogP contribution in [0.2, 0.25) is 0 Å². The Hall–Kier alpha value is -4.05. The smallest absolute Gasteiger partial charge is 0.338 e. The van der Waals surface area contributed by atoms with E-state index in [-0.39, 0.29) is 19.0 Å². The molecule has 3 aromatic rings. The molecule has 36 heavy (non-hydrogen) atoms. The summed E-state index contributed by atoms with van der Waals surface area (Å²) >= 11 is 1.23. The monoisotopic (exact) mass is 508 g/mol. The van der Waals surface area contributed by atoms with Gasteiger partial charge in [-0.3, -0.25) is 9.36 Å². The fourth-order valence-corrected chi connectivity index (χ4v) is 5.39. The Balaban J connectivity index is 1.73. The lowest BCUT2D eigenvalue weighted by molar-refractivity contribution is -0.139. The molecule has 0 bridgehead atoms. The topological polar surface area (TPSA) is 97.6 Å². The number of methoxy groups -OCH3 is 2. The Morgan fingerprint density at radius 1 is 1.19 bits per heavy atom. The Morgan fingerprint density at radius 3 is 2.75 bits per heavy atom. The lowest BCUT2D eigenvalue weighted by Gasteiger charge is -2.24. The summed E-state index contributed by atoms with van der Waals surface area (Å²) in [6, 6.07) is 10.1. The van der Waals surface area contributed by atoms with E-state index in [4.69, 9.17) is 23.7 Å². The van der Waals surface area contributed by atoms with E-state index in [1.807, 2.05) is 18.2 Å². The average Bonchev–Trinajstić information content (AvgIpc) is 3.46. The largest absolute Gasteiger partial charge is 0.493 e. The highest BCUT2D eigenvalue weighted by Crippen LogP contribution is 2.38. The summed E-state index contributed by atoms with van der Waals surface area (Å²) in [5, 5.41) is 0. The third-order valence-corrected chi connectivity index (χ3v) is 6.93. The van der Waals surface area contributed by atoms with Crippen molar-refractivity contribution in [2.45, 2.75) is 19.9 Å². The molecule has 2 aliphatic rings. The first-order valence-electron chi connectivity index (χ1n) is 11.3. The van der Waals surface area contributed by atoms with Crippen molar-refractivity contribution in [1.29, 1.82) is 0 Å². The highest BCUT2D eigenvalue weighted by Gasteiger charge is 2.34. The molecule has 9 nitrogen and oxygen atoms in total. The quantitative estimate of drug-likeness (QED) is 0.472. The van der Waals surface area contributed by atoms with Gasteiger partial charge in [0, 0.05) is 5.56 Å². The van der Waals surface area contributed by atoms with Gasteiger partial charge in [0.2, 0.25) is 6.79 Å². The zero-order valence-electron chi connectivity index (χ0n) is 20.2. The first-order chi connectivity index (χ1) is 17.5. The molecule has 1 unspecified atom stereocenters. The second-order valence-electron chi connectivity index (χ2n) is 8.00. The summed E-state index contributed by atoms with van der Waals surface area (Å²) in [6.45, 7) is 3.79. The number of allylic oxidation sites excluding steroid dienone is 1. The number of benzene rings is 2. The molecule has 0 saturated carbocycles. The van der Waals surface area contributed by atoms with Gasteiger partial charge in [0.15, 0.2) is 27.8 Å². The first kappa shape index (κ1) is 23.7. The number of aromatic nitrogens is 1. The van der Waals surface area contributed by atoms with Gasteiger partial charge in [-0.25, -0.2) is 9.79 Å². The molecule has 0 spiro atoms. The number of rotatable bonds is 6. The molecule has 3 heterocycles. The Kier molecular flexibility index (Phi) is 6.27. The van der Waals surface area contributed by atoms with Crippen molar-refractivity contribution in [3.05, 3.63) is 78.5 Å². The Morgan fingerprint density at radius 2 is 2.00 bits per heavy atom. The van der Waals surface area contributed by atoms with Crippen molar-refractivity contribution < 1.29 is 28.5 Å². The van der Waals surface area contributed by atoms with Crippen LogP contribution in [-0.4, -0.2) is 38.2 Å². The van der Waals surface area contributed by atoms with Gasteiger partial charge >= 0.3 is 5.97 Å². The van der Waals surface area contributed by atoms with Crippen LogP contribution in [0.3, 0.4) is 0 Å². The minimum atomic E-state index is -0.746. The molecule has 186 valence electrons. The second-order valence-corrected chi connectivity index (χ2v) is 9.01. The highest BCUT2D eigenvalue weighted by molar-refractivity contribution is 7.07. The van der Waals surface area contributed by atoms with Crippen LogP contribution in [0.4, 0.5) is 0 Å². The fourth-order valence-electron chi connectivity index (χ4n) is 4.36. The zero-order chi connectivity index (χ0) is 25.4. The number of carbonyl (C=O) groups is 1. The predicted octanol–water partition coefficient (Wildman–Crippen LogP) is 2.54. The van der Waals surface area contributed by atoms with Gasteiger partial charge in [0.1, 0.15) is 0 Å². The van der Waals surface area contributed by atoms with Crippen molar-refractivity contribution in [1.82, 2.24) is 4.57 Å². The van der Waals surface area contributed by atoms with E-state index in [9.17, 15) is 9.59 Å². The van der Waals surface area contributed by atoms with E-state index in [1.165, 1.54) is 15.9 Å². The molecule has 0 radical (unpaired) electrons. The summed E-state index contributed by atoms with van der Waals surface area (Å²) in [5.74, 6) is 1.70. The molecule has 0 fully saturated rings. The average molecular weight is 509 g/mol. The van der Waals surface area contributed by atoms with E-state index in [0.717, 1.165) is 0 Å². The highest BCUT2D eigenvalue weighted by atomic mass is 32.1. The fraction of sp³-hybridized carbons (Fsp3) is 0.269. The van der Waals surface area contributed by atoms with Crippen LogP contribution in [0, 0.1) is 0 Å². The molecule has 0 aliphatic carbocycles. The molecule has 2 aromatic carbocycles. The normalized spacial score (nSPS) is 16.4. The molecule has 1 atom stereocenters. The zero-order valence-corrected chi connectivity index (χ0v) is 21.0. The third-order valence-electron chi connectivity index (χ3n) is 5.95. The lowest BCUT2D eigenvalue weighted by Crippen LogP contribution is -2.39. The lowest BCUT2D eigenvalue weighted by atomic mass is 9.95. The van der Waals surface area contributed by atoms with Crippen LogP contribution in [0.1, 0.15) is 31.0 Å². The molecule has 5 rings (SSSR count). The maximum atomic E-state index is 13.8. The maximum absolute atomic E-state index is 13.8. The molecule has 0 N–H and O–H groups in total. The summed E-state index contributed by atoms with van der Waals surface area (Å²) < 4.78 is 29.2. The maximum Gasteiger partial charge on any atom is 0.338 e. The number of fused-ring (bicyclic) bond motifs is 2. The van der Waals surface area contributed by atoms with Crippen molar-refractivity contribution in [3.63, 3.8) is 0 Å². The van der Waals surface area contributed by atoms with E-state index in [1.54, 1.807) is 52.3 Å². The minimum Gasteiger partial charge on any atom is -0.493 e. The molecule has 0 amide bonds.